The van der Waals surface area contributed by atoms with Crippen molar-refractivity contribution in [2.45, 2.75) is 0 Å². The maximum Gasteiger partial charge on any atom is 0.273 e. The molecule has 0 radical (unpaired) electrons. The fourth-order valence-electron chi connectivity index (χ4n) is 3.24. The van der Waals surface area contributed by atoms with Crippen molar-refractivity contribution >= 4 is 46.2 Å². The number of rotatable bonds is 5. The van der Waals surface area contributed by atoms with Gasteiger partial charge >= 0.3 is 0 Å². The second-order valence-electron chi connectivity index (χ2n) is 7.11. The van der Waals surface area contributed by atoms with Crippen LogP contribution in [0.15, 0.2) is 83.7 Å². The lowest BCUT2D eigenvalue weighted by Crippen LogP contribution is -2.32. The first-order valence-electron chi connectivity index (χ1n) is 10.1. The van der Waals surface area contributed by atoms with Crippen molar-refractivity contribution in [3.63, 3.8) is 0 Å². The molecule has 34 heavy (non-hydrogen) atoms. The molecule has 1 amide bonds. The second-order valence-corrected chi connectivity index (χ2v) is 8.58. The zero-order chi connectivity index (χ0) is 24.1. The van der Waals surface area contributed by atoms with E-state index in [0.717, 1.165) is 16.9 Å². The Balaban J connectivity index is 1.91. The Morgan fingerprint density at radius 2 is 1.74 bits per heavy atom. The zero-order valence-electron chi connectivity index (χ0n) is 18.0. The number of hydrogen-bond acceptors (Lipinski definition) is 5. The predicted molar refractivity (Wildman–Crippen MR) is 135 cm³/mol. The quantitative estimate of drug-likeness (QED) is 0.465. The van der Waals surface area contributed by atoms with Gasteiger partial charge in [0.25, 0.3) is 11.5 Å². The number of nitrogens with one attached hydrogen (secondary N) is 1. The van der Waals surface area contributed by atoms with Gasteiger partial charge in [0, 0.05) is 10.7 Å². The number of nitrogens with zero attached hydrogens (tertiary/aromatic N) is 2. The number of para-hydroxylation sites is 1. The molecule has 0 atom stereocenters. The summed E-state index contributed by atoms with van der Waals surface area (Å²) >= 11 is 6.99. The van der Waals surface area contributed by atoms with Gasteiger partial charge in [0.1, 0.15) is 16.5 Å². The normalized spacial score (nSPS) is 12.1. The molecule has 0 spiro atoms. The van der Waals surface area contributed by atoms with Crippen LogP contribution in [-0.2, 0) is 4.79 Å². The second kappa shape index (κ2) is 10.2. The molecule has 6 nitrogen and oxygen atoms in total. The minimum absolute atomic E-state index is 0.171. The van der Waals surface area contributed by atoms with E-state index in [0.29, 0.717) is 26.7 Å². The molecule has 8 heteroatoms. The summed E-state index contributed by atoms with van der Waals surface area (Å²) in [4.78, 5) is 26.4. The van der Waals surface area contributed by atoms with E-state index in [1.54, 1.807) is 73.8 Å². The number of anilines is 1. The molecule has 4 aromatic rings. The third-order valence-electron chi connectivity index (χ3n) is 4.91. The average Bonchev–Trinajstić information content (AvgIpc) is 3.17. The van der Waals surface area contributed by atoms with Crippen LogP contribution in [0, 0.1) is 11.3 Å². The van der Waals surface area contributed by atoms with Crippen molar-refractivity contribution in [1.29, 1.82) is 5.26 Å². The molecule has 0 unspecified atom stereocenters. The smallest absolute Gasteiger partial charge is 0.273 e. The fraction of sp³-hybridized carbons (Fsp3) is 0.0385. The molecular formula is C26H18ClN3O3S. The van der Waals surface area contributed by atoms with Crippen molar-refractivity contribution in [1.82, 2.24) is 4.57 Å². The van der Waals surface area contributed by atoms with Gasteiger partial charge in [-0.2, -0.15) is 5.26 Å². The zero-order valence-corrected chi connectivity index (χ0v) is 19.6. The highest BCUT2D eigenvalue weighted by atomic mass is 35.5. The Labute approximate surface area is 204 Å². The molecule has 0 saturated carbocycles. The van der Waals surface area contributed by atoms with E-state index >= 15 is 0 Å². The number of hydrogen-bond donors (Lipinski definition) is 1. The van der Waals surface area contributed by atoms with Crippen LogP contribution in [0.1, 0.15) is 5.56 Å². The van der Waals surface area contributed by atoms with Crippen LogP contribution in [0.4, 0.5) is 5.69 Å². The van der Waals surface area contributed by atoms with E-state index in [1.165, 1.54) is 4.57 Å². The molecule has 1 aromatic heterocycles. The largest absolute Gasteiger partial charge is 0.497 e. The Bertz CT molecular complexity index is 1550. The van der Waals surface area contributed by atoms with Crippen LogP contribution in [0.3, 0.4) is 0 Å². The first-order chi connectivity index (χ1) is 16.5. The number of halogens is 1. The third kappa shape index (κ3) is 4.94. The Hall–Kier alpha value is -4.12. The lowest BCUT2D eigenvalue weighted by atomic mass is 10.2. The molecule has 3 aromatic carbocycles. The minimum Gasteiger partial charge on any atom is -0.497 e. The molecule has 0 bridgehead atoms. The molecule has 0 aliphatic rings. The molecule has 4 rings (SSSR count). The van der Waals surface area contributed by atoms with Gasteiger partial charge < -0.3 is 10.1 Å². The molecule has 0 aliphatic heterocycles. The number of methoxy groups -OCH3 is 1. The van der Waals surface area contributed by atoms with Crippen LogP contribution in [0.5, 0.6) is 5.75 Å². The highest BCUT2D eigenvalue weighted by Gasteiger charge is 2.17. The molecule has 168 valence electrons. The summed E-state index contributed by atoms with van der Waals surface area (Å²) in [5.41, 5.74) is 1.33. The lowest BCUT2D eigenvalue weighted by Gasteiger charge is -2.06. The summed E-state index contributed by atoms with van der Waals surface area (Å²) in [6.07, 6.45) is 1.72. The van der Waals surface area contributed by atoms with E-state index in [4.69, 9.17) is 16.3 Å². The van der Waals surface area contributed by atoms with Gasteiger partial charge in [-0.3, -0.25) is 14.2 Å². The van der Waals surface area contributed by atoms with Gasteiger partial charge in [-0.1, -0.05) is 41.9 Å². The van der Waals surface area contributed by atoms with Crippen LogP contribution in [-0.4, -0.2) is 17.6 Å². The molecule has 1 heterocycles. The third-order valence-corrected chi connectivity index (χ3v) is 6.25. The SMILES string of the molecule is COc1ccc(/C=c2\s/c(=C(/C#N)C(=O)Nc3ccc(Cl)cc3)n(-c3ccccc3)c2=O)cc1. The van der Waals surface area contributed by atoms with Crippen LogP contribution in [0.25, 0.3) is 17.3 Å². The minimum atomic E-state index is -0.619. The number of carbonyl (C=O) groups is 1. The molecular weight excluding hydrogens is 470 g/mol. The number of amides is 1. The molecule has 0 fully saturated rings. The maximum absolute atomic E-state index is 13.4. The molecule has 1 N–H and O–H groups in total. The van der Waals surface area contributed by atoms with E-state index in [2.05, 4.69) is 5.32 Å². The first-order valence-corrected chi connectivity index (χ1v) is 11.3. The number of aromatic nitrogens is 1. The summed E-state index contributed by atoms with van der Waals surface area (Å²) in [6, 6.07) is 24.7. The van der Waals surface area contributed by atoms with E-state index in [1.807, 2.05) is 24.3 Å². The summed E-state index contributed by atoms with van der Waals surface area (Å²) in [5.74, 6) is 0.0800. The first kappa shape index (κ1) is 23.1. The Morgan fingerprint density at radius 3 is 2.35 bits per heavy atom. The Morgan fingerprint density at radius 1 is 1.06 bits per heavy atom. The number of nitriles is 1. The van der Waals surface area contributed by atoms with Crippen LogP contribution < -0.4 is 24.8 Å². The van der Waals surface area contributed by atoms with E-state index < -0.39 is 5.91 Å². The standard InChI is InChI=1S/C26H18ClN3O3S/c1-33-21-13-7-17(8-14-21)15-23-25(32)30(20-5-3-2-4-6-20)26(34-23)22(16-28)24(31)29-19-11-9-18(27)10-12-19/h2-15H,1H3,(H,29,31)/b23-15-,26-22-. The van der Waals surface area contributed by atoms with E-state index in [-0.39, 0.29) is 15.8 Å². The number of benzene rings is 3. The van der Waals surface area contributed by atoms with Crippen molar-refractivity contribution in [2.24, 2.45) is 0 Å². The molecule has 0 saturated heterocycles. The summed E-state index contributed by atoms with van der Waals surface area (Å²) in [7, 11) is 1.58. The fourth-order valence-corrected chi connectivity index (χ4v) is 4.46. The van der Waals surface area contributed by atoms with Gasteiger partial charge in [0.15, 0.2) is 5.57 Å². The summed E-state index contributed by atoms with van der Waals surface area (Å²) in [5, 5.41) is 13.1. The molecule has 0 aliphatic carbocycles. The Kier molecular flexibility index (Phi) is 6.93. The maximum atomic E-state index is 13.4. The summed E-state index contributed by atoms with van der Waals surface area (Å²) in [6.45, 7) is 0. The van der Waals surface area contributed by atoms with Gasteiger partial charge in [-0.05, 0) is 60.2 Å². The van der Waals surface area contributed by atoms with Crippen molar-refractivity contribution < 1.29 is 9.53 Å². The number of ether oxygens (including phenoxy) is 1. The van der Waals surface area contributed by atoms with Crippen molar-refractivity contribution in [2.75, 3.05) is 12.4 Å². The van der Waals surface area contributed by atoms with Crippen molar-refractivity contribution in [3.05, 3.63) is 109 Å². The van der Waals surface area contributed by atoms with Crippen molar-refractivity contribution in [3.8, 4) is 17.5 Å². The van der Waals surface area contributed by atoms with Crippen LogP contribution in [0.2, 0.25) is 5.02 Å². The lowest BCUT2D eigenvalue weighted by molar-refractivity contribution is -0.111. The number of carbonyl (C=O) groups excluding carboxylic acids is 1. The topological polar surface area (TPSA) is 84.1 Å². The monoisotopic (exact) mass is 487 g/mol. The van der Waals surface area contributed by atoms with Gasteiger partial charge in [0.05, 0.1) is 17.3 Å². The number of thiazole rings is 1. The van der Waals surface area contributed by atoms with Gasteiger partial charge in [0.2, 0.25) is 0 Å². The predicted octanol–water partition coefficient (Wildman–Crippen LogP) is 3.70. The highest BCUT2D eigenvalue weighted by molar-refractivity contribution is 7.07. The van der Waals surface area contributed by atoms with Crippen LogP contribution >= 0.6 is 22.9 Å². The summed E-state index contributed by atoms with van der Waals surface area (Å²) < 4.78 is 7.20. The van der Waals surface area contributed by atoms with Gasteiger partial charge in [-0.25, -0.2) is 0 Å². The average molecular weight is 488 g/mol. The van der Waals surface area contributed by atoms with Gasteiger partial charge in [-0.15, -0.1) is 11.3 Å². The highest BCUT2D eigenvalue weighted by Crippen LogP contribution is 2.15. The van der Waals surface area contributed by atoms with E-state index in [9.17, 15) is 14.9 Å².